The molecule has 2 rings (SSSR count). The van der Waals surface area contributed by atoms with Gasteiger partial charge in [-0.2, -0.15) is 10.2 Å². The molecule has 0 fully saturated rings. The smallest absolute Gasteiger partial charge is 0.121 e. The number of phenolic OH excluding ortho intramolecular Hbond substituents is 3. The highest BCUT2D eigenvalue weighted by molar-refractivity contribution is 5.49. The van der Waals surface area contributed by atoms with E-state index in [9.17, 15) is 10.2 Å². The van der Waals surface area contributed by atoms with E-state index >= 15 is 0 Å². The van der Waals surface area contributed by atoms with Crippen molar-refractivity contribution in [3.63, 3.8) is 0 Å². The van der Waals surface area contributed by atoms with Crippen molar-refractivity contribution in [3.8, 4) is 17.2 Å². The number of hydrogen-bond donors (Lipinski definition) is 3. The summed E-state index contributed by atoms with van der Waals surface area (Å²) >= 11 is 0. The SMILES string of the molecule is Oc1ccc([15N]=[15N]c2cc(O)cc(O)c2)cc1. The molecule has 0 unspecified atom stereocenters. The highest BCUT2D eigenvalue weighted by atomic mass is 16.3. The number of rotatable bonds is 2. The minimum atomic E-state index is -0.0790. The monoisotopic (exact) mass is 232 g/mol. The molecule has 0 aliphatic heterocycles. The summed E-state index contributed by atoms with van der Waals surface area (Å²) in [4.78, 5) is 0. The Morgan fingerprint density at radius 2 is 1.12 bits per heavy atom. The van der Waals surface area contributed by atoms with E-state index < -0.39 is 0 Å². The molecule has 0 aliphatic carbocycles. The lowest BCUT2D eigenvalue weighted by atomic mass is 10.3. The van der Waals surface area contributed by atoms with Gasteiger partial charge in [-0.1, -0.05) is 0 Å². The van der Waals surface area contributed by atoms with Crippen molar-refractivity contribution in [1.82, 2.24) is 0 Å². The summed E-state index contributed by atoms with van der Waals surface area (Å²) < 4.78 is 0. The first-order chi connectivity index (χ1) is 8.13. The van der Waals surface area contributed by atoms with Crippen LogP contribution in [0.3, 0.4) is 0 Å². The summed E-state index contributed by atoms with van der Waals surface area (Å²) in [6.45, 7) is 0. The zero-order valence-electron chi connectivity index (χ0n) is 8.78. The van der Waals surface area contributed by atoms with Crippen LogP contribution in [-0.4, -0.2) is 15.3 Å². The average molecular weight is 232 g/mol. The van der Waals surface area contributed by atoms with Crippen molar-refractivity contribution in [2.24, 2.45) is 10.2 Å². The number of hydrogen-bond acceptors (Lipinski definition) is 5. The molecule has 0 aliphatic rings. The maximum Gasteiger partial charge on any atom is 0.121 e. The molecule has 0 saturated carbocycles. The summed E-state index contributed by atoms with van der Waals surface area (Å²) in [5.74, 6) is -0.00624. The lowest BCUT2D eigenvalue weighted by molar-refractivity contribution is 0.451. The fraction of sp³-hybridized carbons (Fsp3) is 0. The molecule has 0 atom stereocenters. The van der Waals surface area contributed by atoms with Crippen LogP contribution in [0.4, 0.5) is 11.4 Å². The molecule has 0 bridgehead atoms. The summed E-state index contributed by atoms with van der Waals surface area (Å²) in [5.41, 5.74) is 0.904. The molecule has 5 heteroatoms. The predicted octanol–water partition coefficient (Wildman–Crippen LogP) is 3.22. The van der Waals surface area contributed by atoms with Crippen molar-refractivity contribution in [2.45, 2.75) is 0 Å². The van der Waals surface area contributed by atoms with Crippen molar-refractivity contribution in [1.29, 1.82) is 0 Å². The Morgan fingerprint density at radius 1 is 0.588 bits per heavy atom. The molecule has 3 N–H and O–H groups in total. The Labute approximate surface area is 97.3 Å². The van der Waals surface area contributed by atoms with Crippen molar-refractivity contribution >= 4 is 11.4 Å². The highest BCUT2D eigenvalue weighted by Gasteiger charge is 1.97. The van der Waals surface area contributed by atoms with E-state index in [0.717, 1.165) is 0 Å². The van der Waals surface area contributed by atoms with Gasteiger partial charge in [0.05, 0.1) is 11.4 Å². The van der Waals surface area contributed by atoms with Crippen LogP contribution < -0.4 is 0 Å². The van der Waals surface area contributed by atoms with E-state index in [1.54, 1.807) is 12.1 Å². The Balaban J connectivity index is 2.22. The number of nitrogens with zero attached hydrogens (tertiary/aromatic N) is 2. The molecule has 0 aromatic heterocycles. The summed E-state index contributed by atoms with van der Waals surface area (Å²) in [6, 6.07) is 10.2. The van der Waals surface area contributed by atoms with E-state index in [1.165, 1.54) is 30.3 Å². The maximum atomic E-state index is 9.23. The van der Waals surface area contributed by atoms with Crippen molar-refractivity contribution in [3.05, 3.63) is 42.5 Å². The lowest BCUT2D eigenvalue weighted by Crippen LogP contribution is -1.68. The largest absolute Gasteiger partial charge is 0.508 e. The third-order valence-corrected chi connectivity index (χ3v) is 2.02. The summed E-state index contributed by atoms with van der Waals surface area (Å²) in [5, 5.41) is 35.3. The second-order valence-electron chi connectivity index (χ2n) is 3.42. The Bertz CT molecular complexity index is 530. The first-order valence-corrected chi connectivity index (χ1v) is 4.87. The first-order valence-electron chi connectivity index (χ1n) is 4.87. The van der Waals surface area contributed by atoms with Crippen molar-refractivity contribution in [2.75, 3.05) is 0 Å². The normalized spacial score (nSPS) is 10.8. The van der Waals surface area contributed by atoms with E-state index in [1.807, 2.05) is 0 Å². The molecular formula is C12H10N2O3. The Hall–Kier alpha value is -2.56. The van der Waals surface area contributed by atoms with Crippen LogP contribution >= 0.6 is 0 Å². The molecule has 86 valence electrons. The molecular weight excluding hydrogens is 222 g/mol. The van der Waals surface area contributed by atoms with Crippen molar-refractivity contribution < 1.29 is 15.3 Å². The second-order valence-corrected chi connectivity index (χ2v) is 3.42. The average Bonchev–Trinajstić information content (AvgIpc) is 2.27. The van der Waals surface area contributed by atoms with Crippen LogP contribution in [0.1, 0.15) is 0 Å². The molecule has 2 aromatic carbocycles. The molecule has 17 heavy (non-hydrogen) atoms. The van der Waals surface area contributed by atoms with Crippen LogP contribution in [0.25, 0.3) is 0 Å². The molecule has 0 saturated heterocycles. The molecule has 2 aromatic rings. The van der Waals surface area contributed by atoms with E-state index in [4.69, 9.17) is 5.11 Å². The minimum absolute atomic E-state index is 0.0790. The van der Waals surface area contributed by atoms with Gasteiger partial charge in [-0.3, -0.25) is 0 Å². The molecule has 5 nitrogen and oxygen atoms in total. The van der Waals surface area contributed by atoms with Gasteiger partial charge >= 0.3 is 0 Å². The quantitative estimate of drug-likeness (QED) is 0.548. The van der Waals surface area contributed by atoms with Gasteiger partial charge < -0.3 is 15.3 Å². The zero-order chi connectivity index (χ0) is 12.3. The molecule has 0 radical (unpaired) electrons. The van der Waals surface area contributed by atoms with Crippen LogP contribution in [0.5, 0.6) is 17.2 Å². The predicted molar refractivity (Wildman–Crippen MR) is 62.1 cm³/mol. The highest BCUT2D eigenvalue weighted by Crippen LogP contribution is 2.27. The summed E-state index contributed by atoms with van der Waals surface area (Å²) in [6.07, 6.45) is 0. The van der Waals surface area contributed by atoms with E-state index in [0.29, 0.717) is 11.4 Å². The van der Waals surface area contributed by atoms with Gasteiger partial charge in [-0.05, 0) is 24.3 Å². The lowest BCUT2D eigenvalue weighted by Gasteiger charge is -1.97. The first kappa shape index (κ1) is 10.9. The standard InChI is InChI=1S/C12H10N2O3/c15-10-3-1-8(2-4-10)13-14-9-5-11(16)7-12(17)6-9/h1-7,15-17H/i13+1,14+1. The minimum Gasteiger partial charge on any atom is -0.508 e. The topological polar surface area (TPSA) is 85.4 Å². The zero-order valence-corrected chi connectivity index (χ0v) is 8.78. The Kier molecular flexibility index (Phi) is 2.91. The fourth-order valence-electron chi connectivity index (χ4n) is 1.27. The Morgan fingerprint density at radius 3 is 1.71 bits per heavy atom. The van der Waals surface area contributed by atoms with Gasteiger partial charge in [0.15, 0.2) is 0 Å². The van der Waals surface area contributed by atoms with Gasteiger partial charge in [0.1, 0.15) is 17.2 Å². The third kappa shape index (κ3) is 2.94. The maximum absolute atomic E-state index is 9.23. The van der Waals surface area contributed by atoms with Gasteiger partial charge in [0, 0.05) is 18.2 Å². The van der Waals surface area contributed by atoms with Crippen LogP contribution in [0, 0.1) is 0 Å². The van der Waals surface area contributed by atoms with Gasteiger partial charge in [0.25, 0.3) is 0 Å². The summed E-state index contributed by atoms with van der Waals surface area (Å²) in [7, 11) is 0. The van der Waals surface area contributed by atoms with Gasteiger partial charge in [-0.15, -0.1) is 0 Å². The van der Waals surface area contributed by atoms with E-state index in [2.05, 4.69) is 10.2 Å². The van der Waals surface area contributed by atoms with Gasteiger partial charge in [0.2, 0.25) is 0 Å². The second kappa shape index (κ2) is 4.52. The van der Waals surface area contributed by atoms with Crippen LogP contribution in [0.15, 0.2) is 52.7 Å². The number of phenols is 3. The van der Waals surface area contributed by atoms with E-state index in [-0.39, 0.29) is 17.2 Å². The number of aromatic hydroxyl groups is 3. The molecule has 0 spiro atoms. The van der Waals surface area contributed by atoms with Crippen LogP contribution in [-0.2, 0) is 0 Å². The van der Waals surface area contributed by atoms with Crippen LogP contribution in [0.2, 0.25) is 0 Å². The number of azo groups is 1. The number of benzene rings is 2. The molecule has 0 amide bonds. The molecule has 0 heterocycles. The third-order valence-electron chi connectivity index (χ3n) is 2.02. The van der Waals surface area contributed by atoms with Gasteiger partial charge in [-0.25, -0.2) is 0 Å². The fourth-order valence-corrected chi connectivity index (χ4v) is 1.27.